The number of aliphatic carboxylic acids is 1. The summed E-state index contributed by atoms with van der Waals surface area (Å²) in [5.41, 5.74) is 0. The molecule has 2 saturated heterocycles. The van der Waals surface area contributed by atoms with Gasteiger partial charge in [0.2, 0.25) is 5.91 Å². The normalized spacial score (nSPS) is 24.7. The van der Waals surface area contributed by atoms with E-state index in [9.17, 15) is 14.4 Å². The number of nitrogens with one attached hydrogen (secondary N) is 1. The first-order valence-electron chi connectivity index (χ1n) is 6.14. The van der Waals surface area contributed by atoms with E-state index in [1.807, 2.05) is 0 Å². The molecule has 1 unspecified atom stereocenters. The van der Waals surface area contributed by atoms with Gasteiger partial charge in [0.15, 0.2) is 0 Å². The second kappa shape index (κ2) is 5.24. The molecule has 100 valence electrons. The van der Waals surface area contributed by atoms with Gasteiger partial charge in [-0.3, -0.25) is 4.79 Å². The second-order valence-corrected chi connectivity index (χ2v) is 4.60. The molecule has 2 N–H and O–H groups in total. The van der Waals surface area contributed by atoms with Gasteiger partial charge in [0.05, 0.1) is 0 Å². The van der Waals surface area contributed by atoms with Crippen molar-refractivity contribution >= 4 is 17.9 Å². The lowest BCUT2D eigenvalue weighted by Gasteiger charge is -2.28. The van der Waals surface area contributed by atoms with Gasteiger partial charge in [-0.05, 0) is 19.3 Å². The lowest BCUT2D eigenvalue weighted by molar-refractivity contribution is -0.141. The van der Waals surface area contributed by atoms with E-state index >= 15 is 0 Å². The van der Waals surface area contributed by atoms with Crippen molar-refractivity contribution < 1.29 is 19.5 Å². The standard InChI is InChI=1S/C11H17N3O4/c15-9-7-13(5-2-4-12-9)11(18)14-6-1-3-8(14)10(16)17/h8H,1-7H2,(H,12,15)(H,16,17). The largest absolute Gasteiger partial charge is 0.480 e. The maximum Gasteiger partial charge on any atom is 0.326 e. The fourth-order valence-corrected chi connectivity index (χ4v) is 2.40. The summed E-state index contributed by atoms with van der Waals surface area (Å²) >= 11 is 0. The molecule has 0 aromatic rings. The number of likely N-dealkylation sites (tertiary alicyclic amines) is 1. The molecule has 2 fully saturated rings. The van der Waals surface area contributed by atoms with Crippen LogP contribution in [0.3, 0.4) is 0 Å². The Balaban J connectivity index is 2.05. The number of carbonyl (C=O) groups excluding carboxylic acids is 2. The molecule has 0 aromatic heterocycles. The first-order chi connectivity index (χ1) is 8.59. The van der Waals surface area contributed by atoms with E-state index in [0.717, 1.165) is 0 Å². The predicted molar refractivity (Wildman–Crippen MR) is 62.0 cm³/mol. The second-order valence-electron chi connectivity index (χ2n) is 4.60. The zero-order valence-corrected chi connectivity index (χ0v) is 10.1. The van der Waals surface area contributed by atoms with E-state index < -0.39 is 12.0 Å². The van der Waals surface area contributed by atoms with E-state index in [2.05, 4.69) is 5.32 Å². The van der Waals surface area contributed by atoms with Crippen LogP contribution in [0, 0.1) is 0 Å². The molecule has 2 heterocycles. The summed E-state index contributed by atoms with van der Waals surface area (Å²) in [7, 11) is 0. The van der Waals surface area contributed by atoms with Crippen LogP contribution >= 0.6 is 0 Å². The van der Waals surface area contributed by atoms with Gasteiger partial charge in [-0.25, -0.2) is 9.59 Å². The number of nitrogens with zero attached hydrogens (tertiary/aromatic N) is 2. The highest BCUT2D eigenvalue weighted by atomic mass is 16.4. The quantitative estimate of drug-likeness (QED) is 0.659. The maximum absolute atomic E-state index is 12.2. The molecule has 2 aliphatic rings. The molecule has 7 nitrogen and oxygen atoms in total. The molecule has 7 heteroatoms. The number of carbonyl (C=O) groups is 3. The molecule has 0 saturated carbocycles. The summed E-state index contributed by atoms with van der Waals surface area (Å²) in [6.45, 7) is 1.51. The van der Waals surface area contributed by atoms with Crippen LogP contribution in [0.1, 0.15) is 19.3 Å². The molecule has 0 radical (unpaired) electrons. The van der Waals surface area contributed by atoms with Crippen molar-refractivity contribution in [1.82, 2.24) is 15.1 Å². The molecule has 3 amide bonds. The number of carboxylic acids is 1. The third-order valence-electron chi connectivity index (χ3n) is 3.32. The van der Waals surface area contributed by atoms with Gasteiger partial charge in [-0.2, -0.15) is 0 Å². The van der Waals surface area contributed by atoms with Crippen LogP contribution in [0.2, 0.25) is 0 Å². The van der Waals surface area contributed by atoms with Gasteiger partial charge >= 0.3 is 12.0 Å². The smallest absolute Gasteiger partial charge is 0.326 e. The zero-order chi connectivity index (χ0) is 13.1. The average molecular weight is 255 g/mol. The summed E-state index contributed by atoms with van der Waals surface area (Å²) < 4.78 is 0. The summed E-state index contributed by atoms with van der Waals surface area (Å²) in [5, 5.41) is 11.7. The molecule has 18 heavy (non-hydrogen) atoms. The number of carboxylic acid groups (broad SMARTS) is 1. The van der Waals surface area contributed by atoms with Gasteiger partial charge in [-0.1, -0.05) is 0 Å². The highest BCUT2D eigenvalue weighted by Crippen LogP contribution is 2.19. The van der Waals surface area contributed by atoms with Crippen LogP contribution in [0.5, 0.6) is 0 Å². The fourth-order valence-electron chi connectivity index (χ4n) is 2.40. The minimum atomic E-state index is -0.972. The minimum absolute atomic E-state index is 0.0155. The molecular formula is C11H17N3O4. The third-order valence-corrected chi connectivity index (χ3v) is 3.32. The molecule has 0 bridgehead atoms. The van der Waals surface area contributed by atoms with E-state index in [1.165, 1.54) is 9.80 Å². The first kappa shape index (κ1) is 12.7. The van der Waals surface area contributed by atoms with Gasteiger partial charge in [-0.15, -0.1) is 0 Å². The number of rotatable bonds is 1. The predicted octanol–water partition coefficient (Wildman–Crippen LogP) is -0.523. The SMILES string of the molecule is O=C1CN(C(=O)N2CCCC2C(=O)O)CCCN1. The van der Waals surface area contributed by atoms with E-state index in [4.69, 9.17) is 5.11 Å². The van der Waals surface area contributed by atoms with Crippen LogP contribution < -0.4 is 5.32 Å². The van der Waals surface area contributed by atoms with Gasteiger partial charge in [0, 0.05) is 19.6 Å². The van der Waals surface area contributed by atoms with Gasteiger partial charge < -0.3 is 20.2 Å². The Morgan fingerprint density at radius 1 is 1.28 bits per heavy atom. The van der Waals surface area contributed by atoms with Crippen molar-refractivity contribution in [3.8, 4) is 0 Å². The van der Waals surface area contributed by atoms with Gasteiger partial charge in [0.1, 0.15) is 12.6 Å². The van der Waals surface area contributed by atoms with Crippen molar-refractivity contribution in [3.63, 3.8) is 0 Å². The van der Waals surface area contributed by atoms with Gasteiger partial charge in [0.25, 0.3) is 0 Å². The Morgan fingerprint density at radius 2 is 2.06 bits per heavy atom. The molecular weight excluding hydrogens is 238 g/mol. The van der Waals surface area contributed by atoms with E-state index in [0.29, 0.717) is 38.9 Å². The number of hydrogen-bond donors (Lipinski definition) is 2. The van der Waals surface area contributed by atoms with Crippen molar-refractivity contribution in [1.29, 1.82) is 0 Å². The Bertz CT molecular complexity index is 371. The summed E-state index contributed by atoms with van der Waals surface area (Å²) in [6.07, 6.45) is 1.88. The molecule has 0 aliphatic carbocycles. The van der Waals surface area contributed by atoms with E-state index in [1.54, 1.807) is 0 Å². The fraction of sp³-hybridized carbons (Fsp3) is 0.727. The minimum Gasteiger partial charge on any atom is -0.480 e. The van der Waals surface area contributed by atoms with Crippen molar-refractivity contribution in [2.45, 2.75) is 25.3 Å². The van der Waals surface area contributed by atoms with Crippen LogP contribution in [0.4, 0.5) is 4.79 Å². The molecule has 2 aliphatic heterocycles. The number of urea groups is 1. The van der Waals surface area contributed by atoms with Crippen molar-refractivity contribution in [2.75, 3.05) is 26.2 Å². The lowest BCUT2D eigenvalue weighted by Crippen LogP contribution is -2.49. The summed E-state index contributed by atoms with van der Waals surface area (Å²) in [6, 6.07) is -1.08. The van der Waals surface area contributed by atoms with Crippen LogP contribution in [-0.2, 0) is 9.59 Å². The summed E-state index contributed by atoms with van der Waals surface area (Å²) in [4.78, 5) is 37.4. The molecule has 0 spiro atoms. The summed E-state index contributed by atoms with van der Waals surface area (Å²) in [5.74, 6) is -1.16. The monoisotopic (exact) mass is 255 g/mol. The average Bonchev–Trinajstić information content (AvgIpc) is 2.72. The highest BCUT2D eigenvalue weighted by Gasteiger charge is 2.36. The molecule has 0 aromatic carbocycles. The third kappa shape index (κ3) is 2.55. The molecule has 1 atom stereocenters. The Hall–Kier alpha value is -1.79. The number of amides is 3. The van der Waals surface area contributed by atoms with E-state index in [-0.39, 0.29) is 18.5 Å². The zero-order valence-electron chi connectivity index (χ0n) is 10.1. The number of hydrogen-bond acceptors (Lipinski definition) is 3. The Kier molecular flexibility index (Phi) is 3.69. The van der Waals surface area contributed by atoms with Crippen molar-refractivity contribution in [3.05, 3.63) is 0 Å². The first-order valence-corrected chi connectivity index (χ1v) is 6.14. The highest BCUT2D eigenvalue weighted by molar-refractivity contribution is 5.87. The van der Waals surface area contributed by atoms with Crippen LogP contribution in [-0.4, -0.2) is 65.0 Å². The topological polar surface area (TPSA) is 90.0 Å². The lowest BCUT2D eigenvalue weighted by atomic mass is 10.2. The van der Waals surface area contributed by atoms with Crippen LogP contribution in [0.15, 0.2) is 0 Å². The molecule has 2 rings (SSSR count). The van der Waals surface area contributed by atoms with Crippen molar-refractivity contribution in [2.24, 2.45) is 0 Å². The Morgan fingerprint density at radius 3 is 2.78 bits per heavy atom. The maximum atomic E-state index is 12.2. The Labute approximate surface area is 105 Å². The van der Waals surface area contributed by atoms with Crippen LogP contribution in [0.25, 0.3) is 0 Å².